The second-order valence-corrected chi connectivity index (χ2v) is 4.87. The topological polar surface area (TPSA) is 34.1 Å². The Morgan fingerprint density at radius 1 is 1.22 bits per heavy atom. The first-order valence-electron chi connectivity index (χ1n) is 6.57. The molecule has 1 aromatic carbocycles. The van der Waals surface area contributed by atoms with Gasteiger partial charge in [0.25, 0.3) is 0 Å². The minimum absolute atomic E-state index is 0.304. The van der Waals surface area contributed by atoms with Crippen LogP contribution in [0.15, 0.2) is 30.3 Å². The van der Waals surface area contributed by atoms with E-state index in [2.05, 4.69) is 29.4 Å². The molecule has 0 radical (unpaired) electrons. The summed E-state index contributed by atoms with van der Waals surface area (Å²) >= 11 is 0. The van der Waals surface area contributed by atoms with Crippen LogP contribution in [-0.4, -0.2) is 24.2 Å². The number of hydrogen-bond donors (Lipinski definition) is 1. The highest BCUT2D eigenvalue weighted by Crippen LogP contribution is 2.23. The lowest BCUT2D eigenvalue weighted by molar-refractivity contribution is 0.155. The number of piperidine rings is 1. The van der Waals surface area contributed by atoms with E-state index in [9.17, 15) is 0 Å². The van der Waals surface area contributed by atoms with Gasteiger partial charge in [-0.25, -0.2) is 4.98 Å². The van der Waals surface area contributed by atoms with Gasteiger partial charge in [-0.05, 0) is 45.0 Å². The van der Waals surface area contributed by atoms with Crippen LogP contribution >= 0.6 is 0 Å². The number of hydrogen-bond acceptors (Lipinski definition) is 3. The van der Waals surface area contributed by atoms with E-state index in [1.54, 1.807) is 0 Å². The maximum absolute atomic E-state index is 6.04. The minimum atomic E-state index is 0.304. The lowest BCUT2D eigenvalue weighted by Gasteiger charge is -2.24. The molecule has 0 spiro atoms. The summed E-state index contributed by atoms with van der Waals surface area (Å²) in [6, 6.07) is 10.3. The minimum Gasteiger partial charge on any atom is -0.474 e. The monoisotopic (exact) mass is 242 g/mol. The molecule has 1 saturated heterocycles. The number of nitrogens with zero attached hydrogens (tertiary/aromatic N) is 1. The molecule has 1 fully saturated rings. The third kappa shape index (κ3) is 2.31. The van der Waals surface area contributed by atoms with Crippen LogP contribution in [0.1, 0.15) is 18.4 Å². The summed E-state index contributed by atoms with van der Waals surface area (Å²) in [5, 5.41) is 4.52. The summed E-state index contributed by atoms with van der Waals surface area (Å²) in [5.41, 5.74) is 2.12. The van der Waals surface area contributed by atoms with Crippen LogP contribution in [-0.2, 0) is 0 Å². The van der Waals surface area contributed by atoms with Crippen molar-refractivity contribution >= 4 is 10.9 Å². The maximum atomic E-state index is 6.04. The van der Waals surface area contributed by atoms with Crippen molar-refractivity contribution in [3.05, 3.63) is 35.9 Å². The quantitative estimate of drug-likeness (QED) is 0.879. The zero-order valence-electron chi connectivity index (χ0n) is 10.6. The zero-order valence-corrected chi connectivity index (χ0v) is 10.6. The zero-order chi connectivity index (χ0) is 12.4. The average Bonchev–Trinajstić information content (AvgIpc) is 2.41. The van der Waals surface area contributed by atoms with Gasteiger partial charge in [0.05, 0.1) is 5.52 Å². The van der Waals surface area contributed by atoms with Crippen LogP contribution in [0.5, 0.6) is 5.88 Å². The Hall–Kier alpha value is -1.61. The highest BCUT2D eigenvalue weighted by molar-refractivity contribution is 5.79. The summed E-state index contributed by atoms with van der Waals surface area (Å²) in [4.78, 5) is 4.63. The fourth-order valence-electron chi connectivity index (χ4n) is 2.39. The van der Waals surface area contributed by atoms with E-state index in [1.807, 2.05) is 18.2 Å². The number of aromatic nitrogens is 1. The Kier molecular flexibility index (Phi) is 3.15. The van der Waals surface area contributed by atoms with Gasteiger partial charge in [0.2, 0.25) is 5.88 Å². The Balaban J connectivity index is 1.88. The number of aryl methyl sites for hydroxylation is 1. The standard InChI is InChI=1S/C15H18N2O/c1-11-10-12-4-2-3-5-14(12)17-15(11)18-13-6-8-16-9-7-13/h2-5,10,13,16H,6-9H2,1H3. The fraction of sp³-hybridized carbons (Fsp3) is 0.400. The molecule has 0 saturated carbocycles. The molecule has 1 N–H and O–H groups in total. The number of benzene rings is 1. The predicted octanol–water partition coefficient (Wildman–Crippen LogP) is 2.67. The predicted molar refractivity (Wildman–Crippen MR) is 73.0 cm³/mol. The molecule has 0 amide bonds. The number of pyridine rings is 1. The van der Waals surface area contributed by atoms with Crippen LogP contribution in [0, 0.1) is 6.92 Å². The SMILES string of the molecule is Cc1cc2ccccc2nc1OC1CCNCC1. The lowest BCUT2D eigenvalue weighted by Crippen LogP contribution is -2.34. The van der Waals surface area contributed by atoms with Gasteiger partial charge in [-0.2, -0.15) is 0 Å². The third-order valence-corrected chi connectivity index (χ3v) is 3.43. The summed E-state index contributed by atoms with van der Waals surface area (Å²) in [5.74, 6) is 0.792. The molecule has 1 aliphatic heterocycles. The van der Waals surface area contributed by atoms with E-state index in [1.165, 1.54) is 5.39 Å². The van der Waals surface area contributed by atoms with Crippen molar-refractivity contribution in [1.82, 2.24) is 10.3 Å². The Morgan fingerprint density at radius 2 is 2.00 bits per heavy atom. The lowest BCUT2D eigenvalue weighted by atomic mass is 10.1. The van der Waals surface area contributed by atoms with E-state index < -0.39 is 0 Å². The molecular formula is C15H18N2O. The molecule has 2 heterocycles. The molecule has 0 unspecified atom stereocenters. The number of para-hydroxylation sites is 1. The van der Waals surface area contributed by atoms with Gasteiger partial charge in [0, 0.05) is 10.9 Å². The molecule has 0 aliphatic carbocycles. The van der Waals surface area contributed by atoms with Gasteiger partial charge in [-0.3, -0.25) is 0 Å². The van der Waals surface area contributed by atoms with Crippen molar-refractivity contribution in [2.75, 3.05) is 13.1 Å². The van der Waals surface area contributed by atoms with Crippen LogP contribution in [0.2, 0.25) is 0 Å². The smallest absolute Gasteiger partial charge is 0.217 e. The van der Waals surface area contributed by atoms with Crippen LogP contribution < -0.4 is 10.1 Å². The molecule has 1 aromatic heterocycles. The number of nitrogens with one attached hydrogen (secondary N) is 1. The first-order valence-corrected chi connectivity index (χ1v) is 6.57. The van der Waals surface area contributed by atoms with Gasteiger partial charge >= 0.3 is 0 Å². The summed E-state index contributed by atoms with van der Waals surface area (Å²) in [6.45, 7) is 4.14. The maximum Gasteiger partial charge on any atom is 0.217 e. The van der Waals surface area contributed by atoms with Crippen molar-refractivity contribution in [3.8, 4) is 5.88 Å². The second-order valence-electron chi connectivity index (χ2n) is 4.87. The van der Waals surface area contributed by atoms with E-state index in [-0.39, 0.29) is 0 Å². The Bertz CT molecular complexity index is 547. The normalized spacial score (nSPS) is 16.9. The number of ether oxygens (including phenoxy) is 1. The van der Waals surface area contributed by atoms with Gasteiger partial charge < -0.3 is 10.1 Å². The summed E-state index contributed by atoms with van der Waals surface area (Å²) in [7, 11) is 0. The van der Waals surface area contributed by atoms with Crippen molar-refractivity contribution in [2.45, 2.75) is 25.9 Å². The van der Waals surface area contributed by atoms with Crippen LogP contribution in [0.25, 0.3) is 10.9 Å². The first-order chi connectivity index (χ1) is 8.83. The van der Waals surface area contributed by atoms with Gasteiger partial charge in [0.15, 0.2) is 0 Å². The average molecular weight is 242 g/mol. The van der Waals surface area contributed by atoms with Crippen LogP contribution in [0.4, 0.5) is 0 Å². The highest BCUT2D eigenvalue weighted by atomic mass is 16.5. The van der Waals surface area contributed by atoms with Gasteiger partial charge in [-0.15, -0.1) is 0 Å². The van der Waals surface area contributed by atoms with Gasteiger partial charge in [0.1, 0.15) is 6.10 Å². The molecule has 0 atom stereocenters. The fourth-order valence-corrected chi connectivity index (χ4v) is 2.39. The van der Waals surface area contributed by atoms with Crippen molar-refractivity contribution in [3.63, 3.8) is 0 Å². The highest BCUT2D eigenvalue weighted by Gasteiger charge is 2.16. The summed E-state index contributed by atoms with van der Waals surface area (Å²) in [6.07, 6.45) is 2.43. The molecule has 2 aromatic rings. The molecular weight excluding hydrogens is 224 g/mol. The molecule has 1 aliphatic rings. The largest absolute Gasteiger partial charge is 0.474 e. The number of fused-ring (bicyclic) bond motifs is 1. The Labute approximate surface area is 107 Å². The molecule has 18 heavy (non-hydrogen) atoms. The third-order valence-electron chi connectivity index (χ3n) is 3.43. The molecule has 0 bridgehead atoms. The molecule has 3 nitrogen and oxygen atoms in total. The number of rotatable bonds is 2. The van der Waals surface area contributed by atoms with Crippen molar-refractivity contribution in [1.29, 1.82) is 0 Å². The summed E-state index contributed by atoms with van der Waals surface area (Å²) < 4.78 is 6.04. The van der Waals surface area contributed by atoms with E-state index in [0.717, 1.165) is 42.9 Å². The molecule has 94 valence electrons. The van der Waals surface area contributed by atoms with Crippen LogP contribution in [0.3, 0.4) is 0 Å². The second kappa shape index (κ2) is 4.94. The van der Waals surface area contributed by atoms with E-state index in [0.29, 0.717) is 6.10 Å². The first kappa shape index (κ1) is 11.5. The van der Waals surface area contributed by atoms with Crippen molar-refractivity contribution < 1.29 is 4.74 Å². The van der Waals surface area contributed by atoms with E-state index in [4.69, 9.17) is 4.74 Å². The molecule has 3 heteroatoms. The molecule has 3 rings (SSSR count). The van der Waals surface area contributed by atoms with Gasteiger partial charge in [-0.1, -0.05) is 18.2 Å². The van der Waals surface area contributed by atoms with E-state index >= 15 is 0 Å². The Morgan fingerprint density at radius 3 is 2.83 bits per heavy atom. The van der Waals surface area contributed by atoms with Crippen molar-refractivity contribution in [2.24, 2.45) is 0 Å².